The van der Waals surface area contributed by atoms with Crippen molar-refractivity contribution in [2.24, 2.45) is 5.92 Å². The van der Waals surface area contributed by atoms with Crippen LogP contribution in [0.4, 0.5) is 11.6 Å². The number of amides is 1. The maximum Gasteiger partial charge on any atom is 0.298 e. The molecule has 0 saturated carbocycles. The molecule has 0 aliphatic carbocycles. The molecule has 3 aromatic rings. The molecule has 1 amide bonds. The molecule has 33 heavy (non-hydrogen) atoms. The number of nitrogens with one attached hydrogen (secondary N) is 1. The minimum atomic E-state index is -0.0885. The van der Waals surface area contributed by atoms with Gasteiger partial charge in [0.2, 0.25) is 0 Å². The monoisotopic (exact) mass is 441 g/mol. The van der Waals surface area contributed by atoms with Crippen LogP contribution in [-0.4, -0.2) is 40.4 Å². The van der Waals surface area contributed by atoms with Crippen LogP contribution < -0.4 is 15.8 Å². The van der Waals surface area contributed by atoms with Crippen LogP contribution in [0.1, 0.15) is 19.8 Å². The van der Waals surface area contributed by atoms with Gasteiger partial charge < -0.3 is 20.7 Å². The van der Waals surface area contributed by atoms with Gasteiger partial charge in [0.1, 0.15) is 29.5 Å². The zero-order valence-corrected chi connectivity index (χ0v) is 18.6. The highest BCUT2D eigenvalue weighted by molar-refractivity contribution is 5.93. The number of piperidine rings is 1. The van der Waals surface area contributed by atoms with Gasteiger partial charge in [0, 0.05) is 19.6 Å². The van der Waals surface area contributed by atoms with Crippen LogP contribution in [0.25, 0.3) is 11.1 Å². The van der Waals surface area contributed by atoms with E-state index < -0.39 is 0 Å². The van der Waals surface area contributed by atoms with E-state index in [0.29, 0.717) is 17.6 Å². The second kappa shape index (κ2) is 10.5. The molecule has 1 fully saturated rings. The number of anilines is 2. The Balaban J connectivity index is 1.41. The van der Waals surface area contributed by atoms with Gasteiger partial charge in [-0.15, -0.1) is 0 Å². The van der Waals surface area contributed by atoms with Gasteiger partial charge in [-0.3, -0.25) is 4.79 Å². The van der Waals surface area contributed by atoms with E-state index in [1.807, 2.05) is 59.5 Å². The van der Waals surface area contributed by atoms with Gasteiger partial charge in [0.05, 0.1) is 5.56 Å². The summed E-state index contributed by atoms with van der Waals surface area (Å²) in [7, 11) is 0. The number of nitrogens with zero attached hydrogens (tertiary/aromatic N) is 3. The number of para-hydroxylation sites is 1. The van der Waals surface area contributed by atoms with E-state index in [0.717, 1.165) is 55.1 Å². The van der Waals surface area contributed by atoms with Crippen molar-refractivity contribution in [3.8, 4) is 34.5 Å². The zero-order valence-electron chi connectivity index (χ0n) is 18.6. The normalized spacial score (nSPS) is 13.7. The lowest BCUT2D eigenvalue weighted by atomic mass is 9.96. The van der Waals surface area contributed by atoms with E-state index in [2.05, 4.69) is 27.1 Å². The molecule has 2 aromatic carbocycles. The van der Waals surface area contributed by atoms with Crippen molar-refractivity contribution in [1.29, 1.82) is 0 Å². The Morgan fingerprint density at radius 1 is 1.09 bits per heavy atom. The fourth-order valence-electron chi connectivity index (χ4n) is 3.90. The number of likely N-dealkylation sites (tertiary alicyclic amines) is 1. The number of hydrogen-bond acceptors (Lipinski definition) is 6. The molecule has 2 heterocycles. The van der Waals surface area contributed by atoms with Gasteiger partial charge >= 0.3 is 0 Å². The van der Waals surface area contributed by atoms with Crippen molar-refractivity contribution in [1.82, 2.24) is 14.9 Å². The average Bonchev–Trinajstić information content (AvgIpc) is 2.84. The maximum absolute atomic E-state index is 11.9. The minimum absolute atomic E-state index is 0.0885. The topological polar surface area (TPSA) is 93.4 Å². The van der Waals surface area contributed by atoms with Crippen molar-refractivity contribution in [2.45, 2.75) is 19.8 Å². The summed E-state index contributed by atoms with van der Waals surface area (Å²) in [6.45, 7) is 3.88. The number of carbonyl (C=O) groups excluding carboxylic acids is 1. The lowest BCUT2D eigenvalue weighted by Gasteiger charge is -2.31. The first-order chi connectivity index (χ1) is 16.1. The minimum Gasteiger partial charge on any atom is -0.457 e. The van der Waals surface area contributed by atoms with Gasteiger partial charge in [0.25, 0.3) is 5.91 Å². The Kier molecular flexibility index (Phi) is 7.06. The Morgan fingerprint density at radius 2 is 1.79 bits per heavy atom. The first-order valence-corrected chi connectivity index (χ1v) is 11.0. The molecule has 4 rings (SSSR count). The predicted octanol–water partition coefficient (Wildman–Crippen LogP) is 4.19. The van der Waals surface area contributed by atoms with Crippen molar-refractivity contribution >= 4 is 17.5 Å². The second-order valence-electron chi connectivity index (χ2n) is 7.91. The van der Waals surface area contributed by atoms with E-state index in [4.69, 9.17) is 10.5 Å². The fourth-order valence-corrected chi connectivity index (χ4v) is 3.90. The molecule has 0 atom stereocenters. The maximum atomic E-state index is 11.9. The van der Waals surface area contributed by atoms with Crippen LogP contribution in [0, 0.1) is 17.8 Å². The quantitative estimate of drug-likeness (QED) is 0.557. The van der Waals surface area contributed by atoms with Crippen LogP contribution in [0.2, 0.25) is 0 Å². The molecular formula is C26H27N5O2. The molecule has 168 valence electrons. The van der Waals surface area contributed by atoms with E-state index in [-0.39, 0.29) is 5.91 Å². The Morgan fingerprint density at radius 3 is 2.48 bits per heavy atom. The second-order valence-corrected chi connectivity index (χ2v) is 7.91. The number of aromatic nitrogens is 2. The SMILES string of the molecule is CC#CC(=O)N1CCC(CNc2ncnc(N)c2-c2ccc(Oc3ccccc3)cc2)CC1. The highest BCUT2D eigenvalue weighted by Gasteiger charge is 2.22. The molecule has 0 radical (unpaired) electrons. The zero-order chi connectivity index (χ0) is 23.0. The fraction of sp³-hybridized carbons (Fsp3) is 0.269. The van der Waals surface area contributed by atoms with Gasteiger partial charge in [-0.05, 0) is 61.4 Å². The number of ether oxygens (including phenoxy) is 1. The van der Waals surface area contributed by atoms with Gasteiger partial charge in [-0.2, -0.15) is 0 Å². The Labute approximate surface area is 194 Å². The first kappa shape index (κ1) is 22.2. The van der Waals surface area contributed by atoms with Crippen molar-refractivity contribution in [2.75, 3.05) is 30.7 Å². The largest absolute Gasteiger partial charge is 0.457 e. The molecule has 7 heteroatoms. The summed E-state index contributed by atoms with van der Waals surface area (Å²) < 4.78 is 5.88. The number of hydrogen-bond donors (Lipinski definition) is 2. The molecule has 0 spiro atoms. The number of rotatable bonds is 6. The highest BCUT2D eigenvalue weighted by Crippen LogP contribution is 2.33. The van der Waals surface area contributed by atoms with Crippen LogP contribution >= 0.6 is 0 Å². The number of carbonyl (C=O) groups is 1. The van der Waals surface area contributed by atoms with E-state index >= 15 is 0 Å². The lowest BCUT2D eigenvalue weighted by Crippen LogP contribution is -2.39. The summed E-state index contributed by atoms with van der Waals surface area (Å²) in [6.07, 6.45) is 3.32. The third kappa shape index (κ3) is 5.60. The van der Waals surface area contributed by atoms with Gasteiger partial charge in [-0.1, -0.05) is 36.3 Å². The summed E-state index contributed by atoms with van der Waals surface area (Å²) in [5.74, 6) is 8.29. The number of nitrogen functional groups attached to an aromatic ring is 1. The molecular weight excluding hydrogens is 414 g/mol. The summed E-state index contributed by atoms with van der Waals surface area (Å²) in [5.41, 5.74) is 7.91. The number of nitrogens with two attached hydrogens (primary N) is 1. The van der Waals surface area contributed by atoms with Crippen LogP contribution in [0.3, 0.4) is 0 Å². The van der Waals surface area contributed by atoms with Crippen LogP contribution in [0.5, 0.6) is 11.5 Å². The van der Waals surface area contributed by atoms with Crippen molar-refractivity contribution < 1.29 is 9.53 Å². The molecule has 1 aliphatic heterocycles. The van der Waals surface area contributed by atoms with E-state index in [1.165, 1.54) is 6.33 Å². The predicted molar refractivity (Wildman–Crippen MR) is 130 cm³/mol. The summed E-state index contributed by atoms with van der Waals surface area (Å²) in [6, 6.07) is 17.4. The first-order valence-electron chi connectivity index (χ1n) is 11.0. The van der Waals surface area contributed by atoms with E-state index in [1.54, 1.807) is 6.92 Å². The average molecular weight is 442 g/mol. The Bertz CT molecular complexity index is 1140. The lowest BCUT2D eigenvalue weighted by molar-refractivity contribution is -0.126. The van der Waals surface area contributed by atoms with Crippen LogP contribution in [-0.2, 0) is 4.79 Å². The molecule has 1 aliphatic rings. The summed E-state index contributed by atoms with van der Waals surface area (Å²) in [4.78, 5) is 22.4. The number of benzene rings is 2. The third-order valence-electron chi connectivity index (χ3n) is 5.69. The van der Waals surface area contributed by atoms with Gasteiger partial charge in [-0.25, -0.2) is 9.97 Å². The van der Waals surface area contributed by atoms with Gasteiger partial charge in [0.15, 0.2) is 0 Å². The molecule has 0 unspecified atom stereocenters. The summed E-state index contributed by atoms with van der Waals surface area (Å²) in [5, 5.41) is 3.45. The van der Waals surface area contributed by atoms with Crippen LogP contribution in [0.15, 0.2) is 60.9 Å². The Hall–Kier alpha value is -4.05. The molecule has 1 aromatic heterocycles. The third-order valence-corrected chi connectivity index (χ3v) is 5.69. The molecule has 3 N–H and O–H groups in total. The standard InChI is InChI=1S/C26H27N5O2/c1-2-6-23(32)31-15-13-19(14-16-31)17-28-26-24(25(27)29-18-30-26)20-9-11-22(12-10-20)33-21-7-4-3-5-8-21/h3-5,7-12,18-19H,13-17H2,1H3,(H3,27,28,29,30). The smallest absolute Gasteiger partial charge is 0.298 e. The van der Waals surface area contributed by atoms with Crippen molar-refractivity contribution in [3.63, 3.8) is 0 Å². The van der Waals surface area contributed by atoms with Crippen molar-refractivity contribution in [3.05, 3.63) is 60.9 Å². The molecule has 7 nitrogen and oxygen atoms in total. The van der Waals surface area contributed by atoms with E-state index in [9.17, 15) is 4.79 Å². The summed E-state index contributed by atoms with van der Waals surface area (Å²) >= 11 is 0. The molecule has 1 saturated heterocycles. The molecule has 0 bridgehead atoms. The highest BCUT2D eigenvalue weighted by atomic mass is 16.5.